The summed E-state index contributed by atoms with van der Waals surface area (Å²) in [6.45, 7) is 11.4. The van der Waals surface area contributed by atoms with E-state index in [9.17, 15) is 14.4 Å². The Hall–Kier alpha value is -3.87. The fourth-order valence-electron chi connectivity index (χ4n) is 4.49. The van der Waals surface area contributed by atoms with Crippen LogP contribution in [-0.2, 0) is 16.0 Å². The summed E-state index contributed by atoms with van der Waals surface area (Å²) in [5.74, 6) is -0.506. The van der Waals surface area contributed by atoms with Gasteiger partial charge in [-0.05, 0) is 58.7 Å². The first-order valence-electron chi connectivity index (χ1n) is 12.2. The summed E-state index contributed by atoms with van der Waals surface area (Å²) in [6.07, 6.45) is -0.313. The van der Waals surface area contributed by atoms with Crippen LogP contribution in [0.5, 0.6) is 11.5 Å². The Kier molecular flexibility index (Phi) is 7.02. The molecule has 0 bridgehead atoms. The van der Waals surface area contributed by atoms with E-state index in [0.29, 0.717) is 40.1 Å². The molecule has 1 aliphatic heterocycles. The van der Waals surface area contributed by atoms with Crippen LogP contribution in [0, 0.1) is 6.92 Å². The summed E-state index contributed by atoms with van der Waals surface area (Å²) in [7, 11) is 0. The predicted octanol–water partition coefficient (Wildman–Crippen LogP) is 5.63. The van der Waals surface area contributed by atoms with Gasteiger partial charge in [-0.2, -0.15) is 0 Å². The van der Waals surface area contributed by atoms with Crippen molar-refractivity contribution in [1.82, 2.24) is 0 Å². The third-order valence-corrected chi connectivity index (χ3v) is 5.82. The van der Waals surface area contributed by atoms with Crippen molar-refractivity contribution in [3.8, 4) is 11.5 Å². The average Bonchev–Trinajstić information content (AvgIpc) is 3.06. The third-order valence-electron chi connectivity index (χ3n) is 5.82. The quantitative estimate of drug-likeness (QED) is 0.301. The number of ether oxygens (including phenoxy) is 3. The molecule has 0 saturated carbocycles. The molecular weight excluding hydrogens is 458 g/mol. The minimum atomic E-state index is -0.466. The molecule has 0 spiro atoms. The van der Waals surface area contributed by atoms with E-state index in [4.69, 9.17) is 14.2 Å². The number of hydrogen-bond acceptors (Lipinski definition) is 6. The molecule has 36 heavy (non-hydrogen) atoms. The zero-order valence-corrected chi connectivity index (χ0v) is 21.5. The second-order valence-corrected chi connectivity index (χ2v) is 9.34. The lowest BCUT2D eigenvalue weighted by atomic mass is 9.98. The number of nitrogens with zero attached hydrogens (tertiary/aromatic N) is 1. The normalized spacial score (nSPS) is 13.1. The van der Waals surface area contributed by atoms with Crippen molar-refractivity contribution in [3.63, 3.8) is 0 Å². The highest BCUT2D eigenvalue weighted by Gasteiger charge is 2.44. The van der Waals surface area contributed by atoms with E-state index >= 15 is 0 Å². The van der Waals surface area contributed by atoms with Crippen LogP contribution in [0.15, 0.2) is 42.5 Å². The molecule has 0 N–H and O–H groups in total. The Morgan fingerprint density at radius 1 is 0.861 bits per heavy atom. The molecule has 0 atom stereocenters. The summed E-state index contributed by atoms with van der Waals surface area (Å²) >= 11 is 0. The van der Waals surface area contributed by atoms with Gasteiger partial charge in [-0.15, -0.1) is 0 Å². The first-order valence-corrected chi connectivity index (χ1v) is 12.2. The lowest BCUT2D eigenvalue weighted by Crippen LogP contribution is -2.30. The van der Waals surface area contributed by atoms with Crippen molar-refractivity contribution in [2.45, 2.75) is 60.2 Å². The number of imide groups is 1. The number of carbonyl (C=O) groups excluding carboxylic acids is 3. The summed E-state index contributed by atoms with van der Waals surface area (Å²) < 4.78 is 17.3. The number of amides is 2. The van der Waals surface area contributed by atoms with Gasteiger partial charge < -0.3 is 14.2 Å². The Balaban J connectivity index is 1.88. The summed E-state index contributed by atoms with van der Waals surface area (Å²) in [6, 6.07) is 12.7. The number of carbonyl (C=O) groups is 3. The SMILES string of the molecule is CCOC(=O)Cc1ccc(N2C(=O)c3c(c(OC(C)C)c4ccccc4c3OC(C)C)C2=O)c(C)c1. The highest BCUT2D eigenvalue weighted by atomic mass is 16.5. The number of esters is 1. The molecule has 7 heteroatoms. The van der Waals surface area contributed by atoms with Crippen LogP contribution in [0.1, 0.15) is 66.5 Å². The lowest BCUT2D eigenvalue weighted by molar-refractivity contribution is -0.142. The Morgan fingerprint density at radius 3 is 1.83 bits per heavy atom. The van der Waals surface area contributed by atoms with Gasteiger partial charge in [-0.25, -0.2) is 4.90 Å². The Morgan fingerprint density at radius 2 is 1.39 bits per heavy atom. The summed E-state index contributed by atoms with van der Waals surface area (Å²) in [5.41, 5.74) is 2.29. The summed E-state index contributed by atoms with van der Waals surface area (Å²) in [5, 5.41) is 1.43. The van der Waals surface area contributed by atoms with Crippen LogP contribution >= 0.6 is 0 Å². The zero-order chi connectivity index (χ0) is 26.1. The summed E-state index contributed by atoms with van der Waals surface area (Å²) in [4.78, 5) is 40.9. The molecule has 0 saturated heterocycles. The number of hydrogen-bond donors (Lipinski definition) is 0. The van der Waals surface area contributed by atoms with Gasteiger partial charge in [0.15, 0.2) is 0 Å². The van der Waals surface area contributed by atoms with Gasteiger partial charge in [0.25, 0.3) is 11.8 Å². The van der Waals surface area contributed by atoms with E-state index < -0.39 is 11.8 Å². The van der Waals surface area contributed by atoms with Gasteiger partial charge in [-0.1, -0.05) is 36.4 Å². The van der Waals surface area contributed by atoms with Gasteiger partial charge in [-0.3, -0.25) is 14.4 Å². The largest absolute Gasteiger partial charge is 0.489 e. The van der Waals surface area contributed by atoms with E-state index in [1.807, 2.05) is 52.0 Å². The van der Waals surface area contributed by atoms with E-state index in [1.54, 1.807) is 32.0 Å². The number of fused-ring (bicyclic) bond motifs is 2. The van der Waals surface area contributed by atoms with Crippen molar-refractivity contribution in [2.75, 3.05) is 11.5 Å². The maximum atomic E-state index is 13.9. The van der Waals surface area contributed by atoms with Crippen LogP contribution in [0.2, 0.25) is 0 Å². The smallest absolute Gasteiger partial charge is 0.310 e. The minimum Gasteiger partial charge on any atom is -0.489 e. The molecule has 188 valence electrons. The van der Waals surface area contributed by atoms with Crippen LogP contribution in [0.3, 0.4) is 0 Å². The number of benzene rings is 3. The lowest BCUT2D eigenvalue weighted by Gasteiger charge is -2.20. The van der Waals surface area contributed by atoms with Crippen molar-refractivity contribution in [3.05, 3.63) is 64.7 Å². The minimum absolute atomic E-state index is 0.112. The molecule has 1 aliphatic rings. The number of anilines is 1. The Bertz CT molecular complexity index is 1290. The van der Waals surface area contributed by atoms with Gasteiger partial charge in [0.2, 0.25) is 0 Å². The Labute approximate surface area is 210 Å². The van der Waals surface area contributed by atoms with Gasteiger partial charge in [0.1, 0.15) is 11.5 Å². The molecule has 2 amide bonds. The van der Waals surface area contributed by atoms with Crippen LogP contribution in [0.4, 0.5) is 5.69 Å². The fraction of sp³-hybridized carbons (Fsp3) is 0.345. The van der Waals surface area contributed by atoms with E-state index in [2.05, 4.69) is 0 Å². The second kappa shape index (κ2) is 10.0. The molecule has 3 aromatic carbocycles. The molecule has 7 nitrogen and oxygen atoms in total. The van der Waals surface area contributed by atoms with Crippen LogP contribution in [0.25, 0.3) is 10.8 Å². The first-order chi connectivity index (χ1) is 17.1. The molecule has 3 aromatic rings. The van der Waals surface area contributed by atoms with Gasteiger partial charge in [0, 0.05) is 10.8 Å². The van der Waals surface area contributed by atoms with Crippen LogP contribution in [-0.4, -0.2) is 36.6 Å². The van der Waals surface area contributed by atoms with Crippen molar-refractivity contribution in [1.29, 1.82) is 0 Å². The van der Waals surface area contributed by atoms with E-state index in [0.717, 1.165) is 5.56 Å². The second-order valence-electron chi connectivity index (χ2n) is 9.34. The number of rotatable bonds is 8. The molecule has 0 aromatic heterocycles. The molecule has 4 rings (SSSR count). The third kappa shape index (κ3) is 4.53. The van der Waals surface area contributed by atoms with Gasteiger partial charge >= 0.3 is 5.97 Å². The number of aryl methyl sites for hydroxylation is 1. The maximum absolute atomic E-state index is 13.9. The maximum Gasteiger partial charge on any atom is 0.310 e. The highest BCUT2D eigenvalue weighted by molar-refractivity contribution is 6.38. The van der Waals surface area contributed by atoms with E-state index in [1.165, 1.54) is 4.90 Å². The standard InChI is InChI=1S/C29H31NO6/c1-7-34-23(31)15-19-12-13-22(18(6)14-19)30-28(32)24-25(29(30)33)27(36-17(4)5)21-11-9-8-10-20(21)26(24)35-16(2)3/h8-14,16-17H,7,15H2,1-6H3. The monoisotopic (exact) mass is 489 g/mol. The van der Waals surface area contributed by atoms with Crippen molar-refractivity contribution >= 4 is 34.2 Å². The highest BCUT2D eigenvalue weighted by Crippen LogP contribution is 2.47. The first kappa shape index (κ1) is 25.2. The predicted molar refractivity (Wildman–Crippen MR) is 138 cm³/mol. The molecule has 0 fully saturated rings. The molecule has 1 heterocycles. The topological polar surface area (TPSA) is 82.1 Å². The molecule has 0 unspecified atom stereocenters. The molecule has 0 aliphatic carbocycles. The van der Waals surface area contributed by atoms with Crippen LogP contribution < -0.4 is 14.4 Å². The zero-order valence-electron chi connectivity index (χ0n) is 21.5. The average molecular weight is 490 g/mol. The fourth-order valence-corrected chi connectivity index (χ4v) is 4.49. The van der Waals surface area contributed by atoms with E-state index in [-0.39, 0.29) is 35.7 Å². The van der Waals surface area contributed by atoms with Crippen molar-refractivity contribution < 1.29 is 28.6 Å². The molecular formula is C29H31NO6. The molecule has 0 radical (unpaired) electrons. The van der Waals surface area contributed by atoms with Gasteiger partial charge in [0.05, 0.1) is 42.0 Å². The van der Waals surface area contributed by atoms with Crippen molar-refractivity contribution in [2.24, 2.45) is 0 Å².